The fraction of sp³-hybridized carbons (Fsp3) is 0.562. The van der Waals surface area contributed by atoms with Crippen molar-refractivity contribution in [3.05, 3.63) is 17.7 Å². The zero-order valence-corrected chi connectivity index (χ0v) is 14.3. The number of methoxy groups -OCH3 is 4. The third-order valence-corrected chi connectivity index (χ3v) is 3.23. The average molecular weight is 327 g/mol. The summed E-state index contributed by atoms with van der Waals surface area (Å²) < 4.78 is 25.9. The van der Waals surface area contributed by atoms with Crippen LogP contribution < -0.4 is 19.5 Å². The number of rotatable bonds is 10. The molecule has 0 aliphatic carbocycles. The van der Waals surface area contributed by atoms with Crippen LogP contribution in [0.1, 0.15) is 18.5 Å². The van der Waals surface area contributed by atoms with Gasteiger partial charge in [-0.1, -0.05) is 0 Å². The molecule has 130 valence electrons. The summed E-state index contributed by atoms with van der Waals surface area (Å²) in [5.74, 6) is 1.39. The minimum absolute atomic E-state index is 0.0157. The molecule has 1 amide bonds. The van der Waals surface area contributed by atoms with Crippen LogP contribution in [0, 0.1) is 0 Å². The van der Waals surface area contributed by atoms with Crippen molar-refractivity contribution >= 4 is 5.91 Å². The zero-order valence-electron chi connectivity index (χ0n) is 14.3. The van der Waals surface area contributed by atoms with Gasteiger partial charge in [0.05, 0.1) is 40.6 Å². The Bertz CT molecular complexity index is 480. The van der Waals surface area contributed by atoms with Crippen LogP contribution in [0.4, 0.5) is 0 Å². The van der Waals surface area contributed by atoms with Crippen molar-refractivity contribution in [2.45, 2.75) is 13.0 Å². The summed E-state index contributed by atoms with van der Waals surface area (Å²) in [5, 5.41) is 2.86. The number of ether oxygens (including phenoxy) is 5. The highest BCUT2D eigenvalue weighted by Gasteiger charge is 2.17. The summed E-state index contributed by atoms with van der Waals surface area (Å²) in [7, 11) is 6.22. The van der Waals surface area contributed by atoms with Gasteiger partial charge in [-0.15, -0.1) is 0 Å². The van der Waals surface area contributed by atoms with E-state index in [0.29, 0.717) is 30.5 Å². The lowest BCUT2D eigenvalue weighted by Gasteiger charge is -2.18. The standard InChI is InChI=1S/C16H25NO6/c1-11(17-15(18)10-23-7-6-19-2)12-8-13(20-3)16(22-5)14(9-12)21-4/h8-9,11H,6-7,10H2,1-5H3,(H,17,18)/t11-/m0/s1. The van der Waals surface area contributed by atoms with Crippen molar-refractivity contribution < 1.29 is 28.5 Å². The van der Waals surface area contributed by atoms with Crippen LogP contribution >= 0.6 is 0 Å². The molecule has 23 heavy (non-hydrogen) atoms. The molecule has 0 aliphatic heterocycles. The maximum atomic E-state index is 11.9. The van der Waals surface area contributed by atoms with Gasteiger partial charge in [-0.3, -0.25) is 4.79 Å². The average Bonchev–Trinajstić information content (AvgIpc) is 2.57. The molecule has 0 radical (unpaired) electrons. The third kappa shape index (κ3) is 5.61. The van der Waals surface area contributed by atoms with Gasteiger partial charge in [-0.25, -0.2) is 0 Å². The van der Waals surface area contributed by atoms with Gasteiger partial charge in [0.15, 0.2) is 11.5 Å². The Morgan fingerprint density at radius 2 is 1.65 bits per heavy atom. The first kappa shape index (κ1) is 19.1. The van der Waals surface area contributed by atoms with Crippen LogP contribution in [-0.4, -0.2) is 54.2 Å². The lowest BCUT2D eigenvalue weighted by atomic mass is 10.1. The molecule has 0 saturated heterocycles. The normalized spacial score (nSPS) is 11.7. The van der Waals surface area contributed by atoms with E-state index in [1.807, 2.05) is 6.92 Å². The summed E-state index contributed by atoms with van der Waals surface area (Å²) in [6, 6.07) is 3.37. The number of carbonyl (C=O) groups is 1. The minimum atomic E-state index is -0.234. The van der Waals surface area contributed by atoms with Crippen molar-refractivity contribution in [2.75, 3.05) is 48.3 Å². The second-order valence-electron chi connectivity index (χ2n) is 4.79. The topological polar surface area (TPSA) is 75.3 Å². The number of nitrogens with one attached hydrogen (secondary N) is 1. The van der Waals surface area contributed by atoms with Gasteiger partial charge >= 0.3 is 0 Å². The molecule has 0 saturated carbocycles. The second-order valence-corrected chi connectivity index (χ2v) is 4.79. The first-order valence-electron chi connectivity index (χ1n) is 7.23. The predicted molar refractivity (Wildman–Crippen MR) is 85.4 cm³/mol. The van der Waals surface area contributed by atoms with Gasteiger partial charge in [-0.05, 0) is 24.6 Å². The predicted octanol–water partition coefficient (Wildman–Crippen LogP) is 1.55. The second kappa shape index (κ2) is 9.91. The van der Waals surface area contributed by atoms with E-state index in [0.717, 1.165) is 5.56 Å². The third-order valence-electron chi connectivity index (χ3n) is 3.23. The van der Waals surface area contributed by atoms with Gasteiger partial charge in [0.25, 0.3) is 0 Å². The first-order chi connectivity index (χ1) is 11.1. The maximum Gasteiger partial charge on any atom is 0.246 e. The molecule has 7 nitrogen and oxygen atoms in total. The number of hydrogen-bond acceptors (Lipinski definition) is 6. The van der Waals surface area contributed by atoms with Crippen LogP contribution in [0.25, 0.3) is 0 Å². The summed E-state index contributed by atoms with van der Waals surface area (Å²) >= 11 is 0. The quantitative estimate of drug-likeness (QED) is 0.657. The molecule has 1 N–H and O–H groups in total. The van der Waals surface area contributed by atoms with Crippen molar-refractivity contribution in [3.63, 3.8) is 0 Å². The molecule has 0 spiro atoms. The van der Waals surface area contributed by atoms with Crippen molar-refractivity contribution in [1.29, 1.82) is 0 Å². The molecular weight excluding hydrogens is 302 g/mol. The highest BCUT2D eigenvalue weighted by Crippen LogP contribution is 2.39. The monoisotopic (exact) mass is 327 g/mol. The molecule has 0 aromatic heterocycles. The summed E-state index contributed by atoms with van der Waals surface area (Å²) in [5.41, 5.74) is 0.838. The molecule has 0 unspecified atom stereocenters. The van der Waals surface area contributed by atoms with E-state index >= 15 is 0 Å². The number of hydrogen-bond donors (Lipinski definition) is 1. The Kier molecular flexibility index (Phi) is 8.21. The van der Waals surface area contributed by atoms with E-state index in [9.17, 15) is 4.79 Å². The summed E-state index contributed by atoms with van der Waals surface area (Å²) in [6.45, 7) is 2.68. The SMILES string of the molecule is COCCOCC(=O)N[C@@H](C)c1cc(OC)c(OC)c(OC)c1. The maximum absolute atomic E-state index is 11.9. The fourth-order valence-corrected chi connectivity index (χ4v) is 2.02. The molecule has 0 fully saturated rings. The molecule has 0 aliphatic rings. The Labute approximate surface area is 136 Å². The van der Waals surface area contributed by atoms with Crippen LogP contribution in [0.2, 0.25) is 0 Å². The molecule has 1 aromatic carbocycles. The largest absolute Gasteiger partial charge is 0.493 e. The number of amides is 1. The van der Waals surface area contributed by atoms with Gasteiger partial charge in [-0.2, -0.15) is 0 Å². The highest BCUT2D eigenvalue weighted by atomic mass is 16.5. The van der Waals surface area contributed by atoms with Gasteiger partial charge in [0, 0.05) is 7.11 Å². The van der Waals surface area contributed by atoms with Crippen molar-refractivity contribution in [3.8, 4) is 17.2 Å². The van der Waals surface area contributed by atoms with E-state index in [1.54, 1.807) is 40.6 Å². The molecule has 1 rings (SSSR count). The van der Waals surface area contributed by atoms with E-state index < -0.39 is 0 Å². The first-order valence-corrected chi connectivity index (χ1v) is 7.23. The Hall–Kier alpha value is -1.99. The molecule has 1 aromatic rings. The summed E-state index contributed by atoms with van der Waals surface area (Å²) in [4.78, 5) is 11.9. The van der Waals surface area contributed by atoms with E-state index in [2.05, 4.69) is 5.32 Å². The van der Waals surface area contributed by atoms with Crippen molar-refractivity contribution in [1.82, 2.24) is 5.32 Å². The Balaban J connectivity index is 2.75. The molecule has 0 bridgehead atoms. The van der Waals surface area contributed by atoms with E-state index in [1.165, 1.54) is 0 Å². The fourth-order valence-electron chi connectivity index (χ4n) is 2.02. The molecular formula is C16H25NO6. The number of benzene rings is 1. The minimum Gasteiger partial charge on any atom is -0.493 e. The zero-order chi connectivity index (χ0) is 17.2. The van der Waals surface area contributed by atoms with Crippen LogP contribution in [-0.2, 0) is 14.3 Å². The molecule has 7 heteroatoms. The van der Waals surface area contributed by atoms with Crippen LogP contribution in [0.5, 0.6) is 17.2 Å². The van der Waals surface area contributed by atoms with Gasteiger partial charge in [0.1, 0.15) is 6.61 Å². The summed E-state index contributed by atoms with van der Waals surface area (Å²) in [6.07, 6.45) is 0. The number of carbonyl (C=O) groups excluding carboxylic acids is 1. The highest BCUT2D eigenvalue weighted by molar-refractivity contribution is 5.77. The molecule has 1 atom stereocenters. The smallest absolute Gasteiger partial charge is 0.246 e. The van der Waals surface area contributed by atoms with Gasteiger partial charge in [0.2, 0.25) is 11.7 Å². The Morgan fingerprint density at radius 1 is 1.04 bits per heavy atom. The lowest BCUT2D eigenvalue weighted by Crippen LogP contribution is -2.30. The van der Waals surface area contributed by atoms with E-state index in [4.69, 9.17) is 23.7 Å². The molecule has 0 heterocycles. The van der Waals surface area contributed by atoms with Gasteiger partial charge < -0.3 is 29.0 Å². The van der Waals surface area contributed by atoms with E-state index in [-0.39, 0.29) is 18.6 Å². The lowest BCUT2D eigenvalue weighted by molar-refractivity contribution is -0.126. The van der Waals surface area contributed by atoms with Crippen molar-refractivity contribution in [2.24, 2.45) is 0 Å². The van der Waals surface area contributed by atoms with Crippen LogP contribution in [0.15, 0.2) is 12.1 Å². The Morgan fingerprint density at radius 3 is 2.13 bits per heavy atom. The van der Waals surface area contributed by atoms with Crippen LogP contribution in [0.3, 0.4) is 0 Å².